The minimum absolute atomic E-state index is 0.0992. The topological polar surface area (TPSA) is 50.4 Å². The molecule has 0 aromatic carbocycles. The SMILES string of the molecule is COC(C)CNC(C)C(=O)NCC(F)(F)F. The highest BCUT2D eigenvalue weighted by atomic mass is 19.4. The number of carbonyl (C=O) groups is 1. The van der Waals surface area contributed by atoms with Crippen LogP contribution in [0.25, 0.3) is 0 Å². The van der Waals surface area contributed by atoms with Gasteiger partial charge in [-0.05, 0) is 13.8 Å². The second-order valence-electron chi connectivity index (χ2n) is 3.51. The molecule has 0 saturated heterocycles. The summed E-state index contributed by atoms with van der Waals surface area (Å²) in [7, 11) is 1.51. The van der Waals surface area contributed by atoms with E-state index in [1.165, 1.54) is 14.0 Å². The highest BCUT2D eigenvalue weighted by molar-refractivity contribution is 5.81. The standard InChI is InChI=1S/C9H17F3N2O2/c1-6(16-3)4-13-7(2)8(15)14-5-9(10,11)12/h6-7,13H,4-5H2,1-3H3,(H,14,15). The molecule has 0 rings (SSSR count). The molecule has 16 heavy (non-hydrogen) atoms. The largest absolute Gasteiger partial charge is 0.405 e. The molecule has 7 heteroatoms. The van der Waals surface area contributed by atoms with Gasteiger partial charge < -0.3 is 15.4 Å². The zero-order valence-corrected chi connectivity index (χ0v) is 9.52. The Bertz CT molecular complexity index is 221. The number of amides is 1. The van der Waals surface area contributed by atoms with Crippen molar-refractivity contribution in [2.45, 2.75) is 32.2 Å². The van der Waals surface area contributed by atoms with E-state index >= 15 is 0 Å². The molecule has 0 spiro atoms. The van der Waals surface area contributed by atoms with E-state index in [0.717, 1.165) is 0 Å². The number of methoxy groups -OCH3 is 1. The first-order chi connectivity index (χ1) is 7.26. The summed E-state index contributed by atoms with van der Waals surface area (Å²) < 4.78 is 40.3. The number of nitrogens with one attached hydrogen (secondary N) is 2. The molecule has 0 bridgehead atoms. The smallest absolute Gasteiger partial charge is 0.380 e. The molecule has 0 aliphatic rings. The Balaban J connectivity index is 3.82. The van der Waals surface area contributed by atoms with Gasteiger partial charge >= 0.3 is 6.18 Å². The van der Waals surface area contributed by atoms with E-state index < -0.39 is 24.7 Å². The van der Waals surface area contributed by atoms with Gasteiger partial charge in [0.05, 0.1) is 12.1 Å². The molecule has 4 nitrogen and oxygen atoms in total. The Kier molecular flexibility index (Phi) is 6.35. The van der Waals surface area contributed by atoms with Crippen molar-refractivity contribution < 1.29 is 22.7 Å². The molecule has 0 aromatic heterocycles. The summed E-state index contributed by atoms with van der Waals surface area (Å²) in [5.41, 5.74) is 0. The van der Waals surface area contributed by atoms with Gasteiger partial charge in [0.25, 0.3) is 0 Å². The van der Waals surface area contributed by atoms with Crippen LogP contribution in [0.4, 0.5) is 13.2 Å². The normalized spacial score (nSPS) is 15.6. The summed E-state index contributed by atoms with van der Waals surface area (Å²) in [6.45, 7) is 2.37. The van der Waals surface area contributed by atoms with Crippen LogP contribution < -0.4 is 10.6 Å². The van der Waals surface area contributed by atoms with Gasteiger partial charge in [0.2, 0.25) is 5.91 Å². The van der Waals surface area contributed by atoms with Crippen LogP contribution in [0.1, 0.15) is 13.8 Å². The van der Waals surface area contributed by atoms with Crippen molar-refractivity contribution in [1.82, 2.24) is 10.6 Å². The Labute approximate surface area is 92.5 Å². The first kappa shape index (κ1) is 15.2. The maximum absolute atomic E-state index is 11.8. The summed E-state index contributed by atoms with van der Waals surface area (Å²) in [4.78, 5) is 11.2. The summed E-state index contributed by atoms with van der Waals surface area (Å²) in [6, 6.07) is -0.681. The molecule has 0 heterocycles. The molecular formula is C9H17F3N2O2. The van der Waals surface area contributed by atoms with Crippen molar-refractivity contribution in [3.63, 3.8) is 0 Å². The molecule has 2 unspecified atom stereocenters. The summed E-state index contributed by atoms with van der Waals surface area (Å²) in [6.07, 6.45) is -4.48. The van der Waals surface area contributed by atoms with Gasteiger partial charge in [-0.2, -0.15) is 13.2 Å². The van der Waals surface area contributed by atoms with Gasteiger partial charge in [-0.1, -0.05) is 0 Å². The van der Waals surface area contributed by atoms with Crippen molar-refractivity contribution in [3.05, 3.63) is 0 Å². The van der Waals surface area contributed by atoms with Crippen molar-refractivity contribution in [1.29, 1.82) is 0 Å². The van der Waals surface area contributed by atoms with E-state index in [0.29, 0.717) is 6.54 Å². The molecule has 0 saturated carbocycles. The van der Waals surface area contributed by atoms with Crippen LogP contribution in [-0.4, -0.2) is 44.4 Å². The minimum Gasteiger partial charge on any atom is -0.380 e. The summed E-state index contributed by atoms with van der Waals surface area (Å²) >= 11 is 0. The van der Waals surface area contributed by atoms with Gasteiger partial charge in [0.15, 0.2) is 0 Å². The Morgan fingerprint density at radius 2 is 1.94 bits per heavy atom. The van der Waals surface area contributed by atoms with Crippen molar-refractivity contribution >= 4 is 5.91 Å². The van der Waals surface area contributed by atoms with Crippen LogP contribution in [-0.2, 0) is 9.53 Å². The number of hydrogen-bond acceptors (Lipinski definition) is 3. The van der Waals surface area contributed by atoms with Gasteiger partial charge in [-0.3, -0.25) is 4.79 Å². The third-order valence-corrected chi connectivity index (χ3v) is 1.97. The zero-order valence-electron chi connectivity index (χ0n) is 9.52. The van der Waals surface area contributed by atoms with Crippen LogP contribution in [0.2, 0.25) is 0 Å². The van der Waals surface area contributed by atoms with Gasteiger partial charge in [0, 0.05) is 13.7 Å². The fourth-order valence-electron chi connectivity index (χ4n) is 0.859. The van der Waals surface area contributed by atoms with Crippen LogP contribution >= 0.6 is 0 Å². The molecule has 1 amide bonds. The van der Waals surface area contributed by atoms with Crippen LogP contribution in [0.15, 0.2) is 0 Å². The van der Waals surface area contributed by atoms with Crippen LogP contribution in [0.3, 0.4) is 0 Å². The lowest BCUT2D eigenvalue weighted by Crippen LogP contribution is -2.46. The highest BCUT2D eigenvalue weighted by Crippen LogP contribution is 2.12. The molecule has 0 radical (unpaired) electrons. The fourth-order valence-corrected chi connectivity index (χ4v) is 0.859. The Morgan fingerprint density at radius 1 is 1.38 bits per heavy atom. The maximum Gasteiger partial charge on any atom is 0.405 e. The monoisotopic (exact) mass is 242 g/mol. The van der Waals surface area contributed by atoms with Crippen molar-refractivity contribution in [3.8, 4) is 0 Å². The lowest BCUT2D eigenvalue weighted by atomic mass is 10.3. The maximum atomic E-state index is 11.8. The molecule has 2 atom stereocenters. The first-order valence-corrected chi connectivity index (χ1v) is 4.87. The lowest BCUT2D eigenvalue weighted by molar-refractivity contribution is -0.139. The van der Waals surface area contributed by atoms with E-state index in [1.54, 1.807) is 12.2 Å². The van der Waals surface area contributed by atoms with Crippen LogP contribution in [0.5, 0.6) is 0 Å². The number of halogens is 3. The number of alkyl halides is 3. The van der Waals surface area contributed by atoms with Crippen LogP contribution in [0, 0.1) is 0 Å². The summed E-state index contributed by atoms with van der Waals surface area (Å²) in [5, 5.41) is 4.56. The molecule has 0 aliphatic carbocycles. The quantitative estimate of drug-likeness (QED) is 0.720. The average Bonchev–Trinajstić information content (AvgIpc) is 2.20. The van der Waals surface area contributed by atoms with Gasteiger partial charge in [-0.25, -0.2) is 0 Å². The third-order valence-electron chi connectivity index (χ3n) is 1.97. The molecule has 0 fully saturated rings. The second-order valence-corrected chi connectivity index (χ2v) is 3.51. The number of rotatable bonds is 6. The van der Waals surface area contributed by atoms with Crippen molar-refractivity contribution in [2.75, 3.05) is 20.2 Å². The Morgan fingerprint density at radius 3 is 2.38 bits per heavy atom. The molecule has 0 aromatic rings. The third kappa shape index (κ3) is 7.47. The van der Waals surface area contributed by atoms with E-state index in [2.05, 4.69) is 5.32 Å². The fraction of sp³-hybridized carbons (Fsp3) is 0.889. The zero-order chi connectivity index (χ0) is 12.8. The molecule has 96 valence electrons. The predicted octanol–water partition coefficient (Wildman–Crippen LogP) is 0.678. The van der Waals surface area contributed by atoms with E-state index in [1.807, 2.05) is 0 Å². The molecule has 0 aliphatic heterocycles. The van der Waals surface area contributed by atoms with Crippen molar-refractivity contribution in [2.24, 2.45) is 0 Å². The summed E-state index contributed by atoms with van der Waals surface area (Å²) in [5.74, 6) is -0.680. The second kappa shape index (κ2) is 6.70. The minimum atomic E-state index is -4.38. The average molecular weight is 242 g/mol. The lowest BCUT2D eigenvalue weighted by Gasteiger charge is -2.17. The van der Waals surface area contributed by atoms with E-state index in [4.69, 9.17) is 4.74 Å². The molecule has 2 N–H and O–H groups in total. The van der Waals surface area contributed by atoms with Gasteiger partial charge in [0.1, 0.15) is 6.54 Å². The number of carbonyl (C=O) groups excluding carboxylic acids is 1. The Hall–Kier alpha value is -0.820. The first-order valence-electron chi connectivity index (χ1n) is 4.87. The number of ether oxygens (including phenoxy) is 1. The predicted molar refractivity (Wildman–Crippen MR) is 53.0 cm³/mol. The molecular weight excluding hydrogens is 225 g/mol. The highest BCUT2D eigenvalue weighted by Gasteiger charge is 2.28. The number of hydrogen-bond donors (Lipinski definition) is 2. The van der Waals surface area contributed by atoms with Gasteiger partial charge in [-0.15, -0.1) is 0 Å². The van der Waals surface area contributed by atoms with E-state index in [9.17, 15) is 18.0 Å². The van der Waals surface area contributed by atoms with E-state index in [-0.39, 0.29) is 6.10 Å².